The van der Waals surface area contributed by atoms with E-state index >= 15 is 0 Å². The Bertz CT molecular complexity index is 750. The van der Waals surface area contributed by atoms with Crippen LogP contribution in [0.4, 0.5) is 5.82 Å². The van der Waals surface area contributed by atoms with Crippen molar-refractivity contribution >= 4 is 16.7 Å². The zero-order valence-electron chi connectivity index (χ0n) is 10.3. The minimum atomic E-state index is -0.339. The van der Waals surface area contributed by atoms with Gasteiger partial charge >= 0.3 is 5.69 Å². The van der Waals surface area contributed by atoms with Gasteiger partial charge in [0.25, 0.3) is 0 Å². The van der Waals surface area contributed by atoms with Crippen LogP contribution in [-0.2, 0) is 6.54 Å². The molecular weight excluding hydrogens is 238 g/mol. The fraction of sp³-hybridized carbons (Fsp3) is 0.0667. The normalized spacial score (nSPS) is 10.5. The number of hydrogen-bond donors (Lipinski definition) is 2. The highest BCUT2D eigenvalue weighted by Crippen LogP contribution is 2.17. The SMILES string of the molecule is O=c1nc(NCc2ccccc2)c2ccccc2[nH]1. The van der Waals surface area contributed by atoms with Crippen LogP contribution in [0.25, 0.3) is 10.9 Å². The van der Waals surface area contributed by atoms with Gasteiger partial charge in [0.15, 0.2) is 0 Å². The maximum Gasteiger partial charge on any atom is 0.347 e. The van der Waals surface area contributed by atoms with Gasteiger partial charge in [-0.2, -0.15) is 4.98 Å². The van der Waals surface area contributed by atoms with Crippen molar-refractivity contribution in [2.24, 2.45) is 0 Å². The summed E-state index contributed by atoms with van der Waals surface area (Å²) >= 11 is 0. The number of anilines is 1. The first-order valence-electron chi connectivity index (χ1n) is 6.10. The Morgan fingerprint density at radius 1 is 1.00 bits per heavy atom. The summed E-state index contributed by atoms with van der Waals surface area (Å²) in [6, 6.07) is 17.6. The summed E-state index contributed by atoms with van der Waals surface area (Å²) < 4.78 is 0. The van der Waals surface area contributed by atoms with Crippen molar-refractivity contribution in [1.29, 1.82) is 0 Å². The molecule has 4 nitrogen and oxygen atoms in total. The average molecular weight is 251 g/mol. The summed E-state index contributed by atoms with van der Waals surface area (Å²) in [5.74, 6) is 0.614. The van der Waals surface area contributed by atoms with Crippen molar-refractivity contribution in [1.82, 2.24) is 9.97 Å². The minimum absolute atomic E-state index is 0.339. The zero-order valence-corrected chi connectivity index (χ0v) is 10.3. The molecular formula is C15H13N3O. The highest BCUT2D eigenvalue weighted by Gasteiger charge is 2.03. The van der Waals surface area contributed by atoms with E-state index in [0.717, 1.165) is 16.5 Å². The highest BCUT2D eigenvalue weighted by molar-refractivity contribution is 5.88. The van der Waals surface area contributed by atoms with E-state index in [9.17, 15) is 4.79 Å². The van der Waals surface area contributed by atoms with Crippen molar-refractivity contribution in [3.05, 3.63) is 70.6 Å². The summed E-state index contributed by atoms with van der Waals surface area (Å²) in [6.07, 6.45) is 0. The van der Waals surface area contributed by atoms with E-state index in [-0.39, 0.29) is 5.69 Å². The first-order valence-corrected chi connectivity index (χ1v) is 6.10. The molecule has 1 aromatic heterocycles. The van der Waals surface area contributed by atoms with Crippen LogP contribution in [-0.4, -0.2) is 9.97 Å². The summed E-state index contributed by atoms with van der Waals surface area (Å²) in [5, 5.41) is 4.13. The number of H-pyrrole nitrogens is 1. The third-order valence-electron chi connectivity index (χ3n) is 2.94. The lowest BCUT2D eigenvalue weighted by atomic mass is 10.2. The van der Waals surface area contributed by atoms with Gasteiger partial charge in [-0.15, -0.1) is 0 Å². The molecule has 0 unspecified atom stereocenters. The molecule has 0 fully saturated rings. The molecule has 0 saturated heterocycles. The minimum Gasteiger partial charge on any atom is -0.365 e. The molecule has 0 amide bonds. The second kappa shape index (κ2) is 4.94. The number of nitrogens with one attached hydrogen (secondary N) is 2. The van der Waals surface area contributed by atoms with Gasteiger partial charge in [-0.05, 0) is 17.7 Å². The number of nitrogens with zero attached hydrogens (tertiary/aromatic N) is 1. The van der Waals surface area contributed by atoms with Crippen LogP contribution in [0, 0.1) is 0 Å². The molecule has 0 aliphatic carbocycles. The van der Waals surface area contributed by atoms with Gasteiger partial charge in [-0.1, -0.05) is 42.5 Å². The topological polar surface area (TPSA) is 57.8 Å². The van der Waals surface area contributed by atoms with Crippen molar-refractivity contribution in [3.63, 3.8) is 0 Å². The number of aromatic nitrogens is 2. The molecule has 0 atom stereocenters. The summed E-state index contributed by atoms with van der Waals surface area (Å²) in [6.45, 7) is 0.640. The molecule has 0 radical (unpaired) electrons. The first-order chi connectivity index (χ1) is 9.33. The molecule has 0 saturated carbocycles. The van der Waals surface area contributed by atoms with E-state index in [1.807, 2.05) is 54.6 Å². The number of benzene rings is 2. The zero-order chi connectivity index (χ0) is 13.1. The fourth-order valence-electron chi connectivity index (χ4n) is 2.02. The van der Waals surface area contributed by atoms with Gasteiger partial charge in [0.1, 0.15) is 5.82 Å². The predicted molar refractivity (Wildman–Crippen MR) is 76.1 cm³/mol. The maximum absolute atomic E-state index is 11.5. The molecule has 3 aromatic rings. The molecule has 1 heterocycles. The Morgan fingerprint density at radius 3 is 2.58 bits per heavy atom. The van der Waals surface area contributed by atoms with Crippen LogP contribution >= 0.6 is 0 Å². The molecule has 0 bridgehead atoms. The third-order valence-corrected chi connectivity index (χ3v) is 2.94. The highest BCUT2D eigenvalue weighted by atomic mass is 16.1. The van der Waals surface area contributed by atoms with E-state index in [1.54, 1.807) is 0 Å². The third kappa shape index (κ3) is 2.47. The second-order valence-electron chi connectivity index (χ2n) is 4.28. The number of rotatable bonds is 3. The van der Waals surface area contributed by atoms with Gasteiger partial charge < -0.3 is 10.3 Å². The van der Waals surface area contributed by atoms with Gasteiger partial charge in [0, 0.05) is 11.9 Å². The van der Waals surface area contributed by atoms with Gasteiger partial charge in [-0.25, -0.2) is 4.79 Å². The smallest absolute Gasteiger partial charge is 0.347 e. The lowest BCUT2D eigenvalue weighted by Gasteiger charge is -2.08. The second-order valence-corrected chi connectivity index (χ2v) is 4.28. The van der Waals surface area contributed by atoms with Crippen molar-refractivity contribution in [2.75, 3.05) is 5.32 Å². The Balaban J connectivity index is 1.94. The average Bonchev–Trinajstić information content (AvgIpc) is 2.45. The summed E-state index contributed by atoms with van der Waals surface area (Å²) in [4.78, 5) is 18.2. The Hall–Kier alpha value is -2.62. The van der Waals surface area contributed by atoms with E-state index in [1.165, 1.54) is 0 Å². The van der Waals surface area contributed by atoms with Crippen LogP contribution in [0.3, 0.4) is 0 Å². The molecule has 94 valence electrons. The Kier molecular flexibility index (Phi) is 2.98. The standard InChI is InChI=1S/C15H13N3O/c19-15-17-13-9-5-4-8-12(13)14(18-15)16-10-11-6-2-1-3-7-11/h1-9H,10H2,(H2,16,17,18,19). The van der Waals surface area contributed by atoms with Crippen LogP contribution in [0.5, 0.6) is 0 Å². The molecule has 0 aliphatic rings. The van der Waals surface area contributed by atoms with Crippen molar-refractivity contribution in [2.45, 2.75) is 6.54 Å². The predicted octanol–water partition coefficient (Wildman–Crippen LogP) is 2.54. The lowest BCUT2D eigenvalue weighted by Crippen LogP contribution is -2.14. The Morgan fingerprint density at radius 2 is 1.74 bits per heavy atom. The van der Waals surface area contributed by atoms with Crippen molar-refractivity contribution in [3.8, 4) is 0 Å². The molecule has 4 heteroatoms. The quantitative estimate of drug-likeness (QED) is 0.752. The molecule has 2 N–H and O–H groups in total. The molecule has 0 aliphatic heterocycles. The molecule has 19 heavy (non-hydrogen) atoms. The molecule has 0 spiro atoms. The summed E-state index contributed by atoms with van der Waals surface area (Å²) in [7, 11) is 0. The van der Waals surface area contributed by atoms with Crippen molar-refractivity contribution < 1.29 is 0 Å². The first kappa shape index (κ1) is 11.5. The Labute approximate surface area is 110 Å². The number of hydrogen-bond acceptors (Lipinski definition) is 3. The number of aromatic amines is 1. The van der Waals surface area contributed by atoms with Crippen LogP contribution in [0.1, 0.15) is 5.56 Å². The van der Waals surface area contributed by atoms with Crippen LogP contribution in [0.2, 0.25) is 0 Å². The van der Waals surface area contributed by atoms with E-state index in [0.29, 0.717) is 12.4 Å². The lowest BCUT2D eigenvalue weighted by molar-refractivity contribution is 1.06. The van der Waals surface area contributed by atoms with Crippen LogP contribution in [0.15, 0.2) is 59.4 Å². The van der Waals surface area contributed by atoms with E-state index in [2.05, 4.69) is 15.3 Å². The maximum atomic E-state index is 11.5. The van der Waals surface area contributed by atoms with Gasteiger partial charge in [-0.3, -0.25) is 0 Å². The number of para-hydroxylation sites is 1. The van der Waals surface area contributed by atoms with Gasteiger partial charge in [0.2, 0.25) is 0 Å². The molecule has 3 rings (SSSR count). The number of fused-ring (bicyclic) bond motifs is 1. The van der Waals surface area contributed by atoms with Crippen LogP contribution < -0.4 is 11.0 Å². The summed E-state index contributed by atoms with van der Waals surface area (Å²) in [5.41, 5.74) is 1.60. The van der Waals surface area contributed by atoms with E-state index < -0.39 is 0 Å². The largest absolute Gasteiger partial charge is 0.365 e. The van der Waals surface area contributed by atoms with E-state index in [4.69, 9.17) is 0 Å². The van der Waals surface area contributed by atoms with Gasteiger partial charge in [0.05, 0.1) is 5.52 Å². The molecule has 2 aromatic carbocycles. The monoisotopic (exact) mass is 251 g/mol. The fourth-order valence-corrected chi connectivity index (χ4v) is 2.02.